The van der Waals surface area contributed by atoms with E-state index in [2.05, 4.69) is 0 Å². The summed E-state index contributed by atoms with van der Waals surface area (Å²) in [6.07, 6.45) is -0.0430. The van der Waals surface area contributed by atoms with Gasteiger partial charge in [0.2, 0.25) is 0 Å². The van der Waals surface area contributed by atoms with Crippen molar-refractivity contribution in [1.29, 1.82) is 0 Å². The third-order valence-corrected chi connectivity index (χ3v) is 1.85. The van der Waals surface area contributed by atoms with Crippen LogP contribution >= 0.6 is 0 Å². The highest BCUT2D eigenvalue weighted by Gasteiger charge is 2.26. The molecular formula is C8H18O3. The smallest absolute Gasteiger partial charge is 0.0642 e. The molecule has 11 heavy (non-hydrogen) atoms. The average Bonchev–Trinajstić information content (AvgIpc) is 1.79. The van der Waals surface area contributed by atoms with Gasteiger partial charge in [0, 0.05) is 12.5 Å². The Morgan fingerprint density at radius 3 is 1.91 bits per heavy atom. The minimum atomic E-state index is -0.911. The van der Waals surface area contributed by atoms with Crippen LogP contribution < -0.4 is 0 Å². The SMILES string of the molecule is CC(O)CC(CO)C(C)(C)O. The molecule has 0 rings (SSSR count). The Bertz CT molecular complexity index is 104. The average molecular weight is 162 g/mol. The molecular weight excluding hydrogens is 144 g/mol. The fourth-order valence-electron chi connectivity index (χ4n) is 0.998. The van der Waals surface area contributed by atoms with E-state index < -0.39 is 11.7 Å². The van der Waals surface area contributed by atoms with E-state index in [9.17, 15) is 5.11 Å². The molecule has 0 spiro atoms. The lowest BCUT2D eigenvalue weighted by atomic mass is 9.87. The number of aliphatic hydroxyl groups excluding tert-OH is 2. The Balaban J connectivity index is 3.96. The maximum atomic E-state index is 9.46. The van der Waals surface area contributed by atoms with Crippen LogP contribution in [0.4, 0.5) is 0 Å². The zero-order valence-electron chi connectivity index (χ0n) is 7.41. The molecule has 0 aliphatic heterocycles. The van der Waals surface area contributed by atoms with Crippen molar-refractivity contribution in [2.75, 3.05) is 6.61 Å². The van der Waals surface area contributed by atoms with E-state index in [1.165, 1.54) is 0 Å². The zero-order valence-corrected chi connectivity index (χ0v) is 7.41. The van der Waals surface area contributed by atoms with E-state index in [0.29, 0.717) is 6.42 Å². The standard InChI is InChI=1S/C8H18O3/c1-6(10)4-7(5-9)8(2,3)11/h6-7,9-11H,4-5H2,1-3H3. The lowest BCUT2D eigenvalue weighted by molar-refractivity contribution is -0.0284. The topological polar surface area (TPSA) is 60.7 Å². The molecule has 0 aromatic rings. The zero-order chi connectivity index (χ0) is 9.07. The van der Waals surface area contributed by atoms with Gasteiger partial charge in [-0.15, -0.1) is 0 Å². The van der Waals surface area contributed by atoms with Crippen LogP contribution in [0.3, 0.4) is 0 Å². The first-order valence-corrected chi connectivity index (χ1v) is 3.89. The van der Waals surface area contributed by atoms with Crippen molar-refractivity contribution in [2.24, 2.45) is 5.92 Å². The van der Waals surface area contributed by atoms with Gasteiger partial charge in [-0.25, -0.2) is 0 Å². The van der Waals surface area contributed by atoms with Gasteiger partial charge in [-0.1, -0.05) is 0 Å². The predicted octanol–water partition coefficient (Wildman–Crippen LogP) is 0.137. The van der Waals surface area contributed by atoms with Crippen molar-refractivity contribution >= 4 is 0 Å². The van der Waals surface area contributed by atoms with Gasteiger partial charge in [-0.3, -0.25) is 0 Å². The van der Waals surface area contributed by atoms with Crippen molar-refractivity contribution in [3.8, 4) is 0 Å². The minimum Gasteiger partial charge on any atom is -0.396 e. The van der Waals surface area contributed by atoms with Crippen molar-refractivity contribution < 1.29 is 15.3 Å². The highest BCUT2D eigenvalue weighted by molar-refractivity contribution is 4.77. The lowest BCUT2D eigenvalue weighted by Gasteiger charge is -2.28. The molecule has 0 saturated carbocycles. The van der Waals surface area contributed by atoms with Gasteiger partial charge in [0.05, 0.1) is 11.7 Å². The fraction of sp³-hybridized carbons (Fsp3) is 1.00. The molecule has 3 nitrogen and oxygen atoms in total. The van der Waals surface area contributed by atoms with Crippen LogP contribution in [-0.2, 0) is 0 Å². The number of hydrogen-bond acceptors (Lipinski definition) is 3. The van der Waals surface area contributed by atoms with Crippen molar-refractivity contribution in [3.63, 3.8) is 0 Å². The van der Waals surface area contributed by atoms with Gasteiger partial charge >= 0.3 is 0 Å². The molecule has 0 heterocycles. The summed E-state index contributed by atoms with van der Waals surface area (Å²) in [5.41, 5.74) is -0.911. The Labute approximate surface area is 67.7 Å². The van der Waals surface area contributed by atoms with Crippen LogP contribution in [0.25, 0.3) is 0 Å². The molecule has 68 valence electrons. The molecule has 0 bridgehead atoms. The van der Waals surface area contributed by atoms with E-state index in [1.54, 1.807) is 20.8 Å². The third-order valence-electron chi connectivity index (χ3n) is 1.85. The minimum absolute atomic E-state index is 0.0889. The quantitative estimate of drug-likeness (QED) is 0.551. The van der Waals surface area contributed by atoms with Crippen LogP contribution in [0.1, 0.15) is 27.2 Å². The second kappa shape index (κ2) is 4.04. The van der Waals surface area contributed by atoms with Gasteiger partial charge < -0.3 is 15.3 Å². The fourth-order valence-corrected chi connectivity index (χ4v) is 0.998. The molecule has 0 aromatic carbocycles. The summed E-state index contributed by atoms with van der Waals surface area (Å²) in [4.78, 5) is 0. The van der Waals surface area contributed by atoms with Crippen LogP contribution in [-0.4, -0.2) is 33.6 Å². The van der Waals surface area contributed by atoms with Crippen LogP contribution in [0.2, 0.25) is 0 Å². The summed E-state index contributed by atoms with van der Waals surface area (Å²) in [7, 11) is 0. The number of hydrogen-bond donors (Lipinski definition) is 3. The molecule has 2 unspecified atom stereocenters. The van der Waals surface area contributed by atoms with Crippen LogP contribution in [0, 0.1) is 5.92 Å². The third kappa shape index (κ3) is 4.35. The molecule has 0 aromatic heterocycles. The van der Waals surface area contributed by atoms with Crippen molar-refractivity contribution in [1.82, 2.24) is 0 Å². The maximum Gasteiger partial charge on any atom is 0.0642 e. The second-order valence-electron chi connectivity index (χ2n) is 3.62. The molecule has 0 aliphatic rings. The van der Waals surface area contributed by atoms with Crippen molar-refractivity contribution in [3.05, 3.63) is 0 Å². The number of rotatable bonds is 4. The highest BCUT2D eigenvalue weighted by atomic mass is 16.3. The van der Waals surface area contributed by atoms with Gasteiger partial charge in [-0.2, -0.15) is 0 Å². The summed E-state index contributed by atoms with van der Waals surface area (Å²) in [6.45, 7) is 4.83. The molecule has 0 saturated heterocycles. The molecule has 2 atom stereocenters. The molecule has 0 aliphatic carbocycles. The van der Waals surface area contributed by atoms with Crippen molar-refractivity contribution in [2.45, 2.75) is 38.9 Å². The normalized spacial score (nSPS) is 18.0. The van der Waals surface area contributed by atoms with Gasteiger partial charge in [-0.05, 0) is 27.2 Å². The summed E-state index contributed by atoms with van der Waals surface area (Å²) < 4.78 is 0. The Morgan fingerprint density at radius 1 is 1.36 bits per heavy atom. The van der Waals surface area contributed by atoms with Gasteiger partial charge in [0.15, 0.2) is 0 Å². The first kappa shape index (κ1) is 10.9. The largest absolute Gasteiger partial charge is 0.396 e. The summed E-state index contributed by atoms with van der Waals surface area (Å²) >= 11 is 0. The molecule has 3 N–H and O–H groups in total. The molecule has 0 radical (unpaired) electrons. The van der Waals surface area contributed by atoms with E-state index in [4.69, 9.17) is 10.2 Å². The monoisotopic (exact) mass is 162 g/mol. The molecule has 0 fully saturated rings. The Hall–Kier alpha value is -0.120. The first-order chi connectivity index (χ1) is 4.88. The van der Waals surface area contributed by atoms with E-state index in [1.807, 2.05) is 0 Å². The van der Waals surface area contributed by atoms with Crippen LogP contribution in [0.5, 0.6) is 0 Å². The number of aliphatic hydroxyl groups is 3. The van der Waals surface area contributed by atoms with E-state index in [0.717, 1.165) is 0 Å². The predicted molar refractivity (Wildman–Crippen MR) is 43.2 cm³/mol. The van der Waals surface area contributed by atoms with Gasteiger partial charge in [0.25, 0.3) is 0 Å². The molecule has 3 heteroatoms. The summed E-state index contributed by atoms with van der Waals surface area (Å²) in [5.74, 6) is -0.248. The highest BCUT2D eigenvalue weighted by Crippen LogP contribution is 2.20. The lowest BCUT2D eigenvalue weighted by Crippen LogP contribution is -2.35. The first-order valence-electron chi connectivity index (χ1n) is 3.89. The summed E-state index contributed by atoms with van der Waals surface area (Å²) in [5, 5.41) is 27.3. The Morgan fingerprint density at radius 2 is 1.82 bits per heavy atom. The maximum absolute atomic E-state index is 9.46. The molecule has 0 amide bonds. The summed E-state index contributed by atoms with van der Waals surface area (Å²) in [6, 6.07) is 0. The Kier molecular flexibility index (Phi) is 4.00. The van der Waals surface area contributed by atoms with Gasteiger partial charge in [0.1, 0.15) is 0 Å². The van der Waals surface area contributed by atoms with E-state index in [-0.39, 0.29) is 12.5 Å². The van der Waals surface area contributed by atoms with E-state index >= 15 is 0 Å². The van der Waals surface area contributed by atoms with Crippen LogP contribution in [0.15, 0.2) is 0 Å². The second-order valence-corrected chi connectivity index (χ2v) is 3.62.